The summed E-state index contributed by atoms with van der Waals surface area (Å²) >= 11 is 7.16. The molecule has 1 aliphatic rings. The molecule has 0 radical (unpaired) electrons. The van der Waals surface area contributed by atoms with Crippen LogP contribution in [-0.4, -0.2) is 17.3 Å². The van der Waals surface area contributed by atoms with Crippen molar-refractivity contribution >= 4 is 37.8 Å². The first-order valence-corrected chi connectivity index (χ1v) is 8.46. The van der Waals surface area contributed by atoms with E-state index in [0.29, 0.717) is 10.7 Å². The molecule has 0 aliphatic heterocycles. The van der Waals surface area contributed by atoms with E-state index < -0.39 is 0 Å². The molecule has 0 saturated heterocycles. The Morgan fingerprint density at radius 1 is 1.32 bits per heavy atom. The number of carbonyl (C=O) groups is 1. The molecular weight excluding hydrogens is 370 g/mol. The van der Waals surface area contributed by atoms with Crippen molar-refractivity contribution in [3.05, 3.63) is 33.8 Å². The smallest absolute Gasteiger partial charge is 0.251 e. The molecule has 0 spiro atoms. The van der Waals surface area contributed by atoms with Gasteiger partial charge >= 0.3 is 0 Å². The van der Waals surface area contributed by atoms with Crippen LogP contribution in [0.2, 0.25) is 0 Å². The van der Waals surface area contributed by atoms with Crippen LogP contribution in [0.4, 0.5) is 0 Å². The van der Waals surface area contributed by atoms with Gasteiger partial charge in [-0.1, -0.05) is 44.7 Å². The molecule has 4 heteroatoms. The Labute approximate surface area is 131 Å². The number of alkyl halides is 1. The third-order valence-corrected chi connectivity index (χ3v) is 5.31. The number of hydrogen-bond donors (Lipinski definition) is 1. The molecule has 1 N–H and O–H groups in total. The van der Waals surface area contributed by atoms with Crippen LogP contribution < -0.4 is 5.32 Å². The van der Waals surface area contributed by atoms with Gasteiger partial charge in [-0.3, -0.25) is 4.79 Å². The monoisotopic (exact) mass is 387 g/mol. The summed E-state index contributed by atoms with van der Waals surface area (Å²) in [6, 6.07) is 5.80. The lowest BCUT2D eigenvalue weighted by atomic mass is 9.89. The lowest BCUT2D eigenvalue weighted by Crippen LogP contribution is -2.34. The maximum absolute atomic E-state index is 12.2. The molecule has 2 rings (SSSR count). The van der Waals surface area contributed by atoms with Crippen molar-refractivity contribution in [2.45, 2.75) is 37.4 Å². The summed E-state index contributed by atoms with van der Waals surface area (Å²) in [5, 5.41) is 3.06. The van der Waals surface area contributed by atoms with Gasteiger partial charge in [0.05, 0.1) is 0 Å². The van der Waals surface area contributed by atoms with E-state index in [0.717, 1.165) is 22.1 Å². The van der Waals surface area contributed by atoms with Crippen LogP contribution in [0.3, 0.4) is 0 Å². The standard InChI is InChI=1S/C15H19Br2NO/c1-10-6-12(8-13(16)7-10)15(19)18-9-11-4-2-3-5-14(11)17/h6-8,11,14H,2-5,9H2,1H3,(H,18,19). The Bertz CT molecular complexity index is 441. The topological polar surface area (TPSA) is 29.1 Å². The van der Waals surface area contributed by atoms with Gasteiger partial charge in [-0.05, 0) is 49.4 Å². The first kappa shape index (κ1) is 15.0. The Hall–Kier alpha value is -0.350. The van der Waals surface area contributed by atoms with Gasteiger partial charge < -0.3 is 5.32 Å². The summed E-state index contributed by atoms with van der Waals surface area (Å²) in [4.78, 5) is 12.7. The van der Waals surface area contributed by atoms with E-state index in [4.69, 9.17) is 0 Å². The van der Waals surface area contributed by atoms with Gasteiger partial charge in [0.1, 0.15) is 0 Å². The Kier molecular flexibility index (Phi) is 5.46. The zero-order chi connectivity index (χ0) is 13.8. The van der Waals surface area contributed by atoms with E-state index in [2.05, 4.69) is 37.2 Å². The molecule has 1 aromatic carbocycles. The minimum absolute atomic E-state index is 0.0228. The van der Waals surface area contributed by atoms with Crippen LogP contribution in [-0.2, 0) is 0 Å². The summed E-state index contributed by atoms with van der Waals surface area (Å²) in [5.74, 6) is 0.584. The Morgan fingerprint density at radius 3 is 2.74 bits per heavy atom. The molecule has 1 aromatic rings. The number of aryl methyl sites for hydroxylation is 1. The Balaban J connectivity index is 1.93. The van der Waals surface area contributed by atoms with Crippen molar-refractivity contribution < 1.29 is 4.79 Å². The van der Waals surface area contributed by atoms with Crippen molar-refractivity contribution in [3.8, 4) is 0 Å². The number of halogens is 2. The Morgan fingerprint density at radius 2 is 2.05 bits per heavy atom. The molecule has 1 aliphatic carbocycles. The fourth-order valence-electron chi connectivity index (χ4n) is 2.59. The van der Waals surface area contributed by atoms with Crippen LogP contribution >= 0.6 is 31.9 Å². The summed E-state index contributed by atoms with van der Waals surface area (Å²) < 4.78 is 0.952. The number of carbonyl (C=O) groups excluding carboxylic acids is 1. The number of amides is 1. The minimum Gasteiger partial charge on any atom is -0.352 e. The SMILES string of the molecule is Cc1cc(Br)cc(C(=O)NCC2CCCCC2Br)c1. The average Bonchev–Trinajstić information content (AvgIpc) is 2.36. The predicted octanol–water partition coefficient (Wildman–Crippen LogP) is 4.44. The zero-order valence-electron chi connectivity index (χ0n) is 11.1. The second kappa shape index (κ2) is 6.89. The van der Waals surface area contributed by atoms with Crippen LogP contribution in [0.25, 0.3) is 0 Å². The van der Waals surface area contributed by atoms with Crippen molar-refractivity contribution in [3.63, 3.8) is 0 Å². The third-order valence-electron chi connectivity index (χ3n) is 3.65. The molecule has 2 nitrogen and oxygen atoms in total. The summed E-state index contributed by atoms with van der Waals surface area (Å²) in [6.07, 6.45) is 4.99. The van der Waals surface area contributed by atoms with E-state index >= 15 is 0 Å². The van der Waals surface area contributed by atoms with E-state index in [1.165, 1.54) is 25.7 Å². The number of benzene rings is 1. The van der Waals surface area contributed by atoms with Gasteiger partial charge in [0.15, 0.2) is 0 Å². The lowest BCUT2D eigenvalue weighted by Gasteiger charge is -2.27. The summed E-state index contributed by atoms with van der Waals surface area (Å²) in [7, 11) is 0. The number of hydrogen-bond acceptors (Lipinski definition) is 1. The number of rotatable bonds is 3. The van der Waals surface area contributed by atoms with Gasteiger partial charge in [0, 0.05) is 21.4 Å². The molecular formula is C15H19Br2NO. The molecule has 2 atom stereocenters. The van der Waals surface area contributed by atoms with Crippen LogP contribution in [0.5, 0.6) is 0 Å². The summed E-state index contributed by atoms with van der Waals surface area (Å²) in [5.41, 5.74) is 1.82. The van der Waals surface area contributed by atoms with Gasteiger partial charge in [-0.2, -0.15) is 0 Å². The van der Waals surface area contributed by atoms with Gasteiger partial charge in [-0.15, -0.1) is 0 Å². The molecule has 19 heavy (non-hydrogen) atoms. The lowest BCUT2D eigenvalue weighted by molar-refractivity contribution is 0.0944. The normalized spacial score (nSPS) is 23.1. The van der Waals surface area contributed by atoms with Crippen molar-refractivity contribution in [2.24, 2.45) is 5.92 Å². The molecule has 0 bridgehead atoms. The first-order chi connectivity index (χ1) is 9.06. The highest BCUT2D eigenvalue weighted by molar-refractivity contribution is 9.10. The predicted molar refractivity (Wildman–Crippen MR) is 85.9 cm³/mol. The van der Waals surface area contributed by atoms with Gasteiger partial charge in [0.2, 0.25) is 0 Å². The minimum atomic E-state index is 0.0228. The van der Waals surface area contributed by atoms with Crippen molar-refractivity contribution in [2.75, 3.05) is 6.54 Å². The highest BCUT2D eigenvalue weighted by atomic mass is 79.9. The van der Waals surface area contributed by atoms with Crippen LogP contribution in [0.15, 0.2) is 22.7 Å². The largest absolute Gasteiger partial charge is 0.352 e. The fourth-order valence-corrected chi connectivity index (χ4v) is 3.97. The molecule has 104 valence electrons. The number of nitrogens with one attached hydrogen (secondary N) is 1. The average molecular weight is 389 g/mol. The van der Waals surface area contributed by atoms with Crippen molar-refractivity contribution in [1.82, 2.24) is 5.32 Å². The van der Waals surface area contributed by atoms with E-state index in [1.54, 1.807) is 0 Å². The summed E-state index contributed by atoms with van der Waals surface area (Å²) in [6.45, 7) is 2.76. The molecule has 1 fully saturated rings. The molecule has 1 amide bonds. The van der Waals surface area contributed by atoms with Gasteiger partial charge in [0.25, 0.3) is 5.91 Å². The quantitative estimate of drug-likeness (QED) is 0.762. The molecule has 0 aromatic heterocycles. The zero-order valence-corrected chi connectivity index (χ0v) is 14.3. The fraction of sp³-hybridized carbons (Fsp3) is 0.533. The van der Waals surface area contributed by atoms with Gasteiger partial charge in [-0.25, -0.2) is 0 Å². The van der Waals surface area contributed by atoms with E-state index in [-0.39, 0.29) is 5.91 Å². The molecule has 2 unspecified atom stereocenters. The van der Waals surface area contributed by atoms with Crippen LogP contribution in [0.1, 0.15) is 41.6 Å². The maximum atomic E-state index is 12.2. The maximum Gasteiger partial charge on any atom is 0.251 e. The highest BCUT2D eigenvalue weighted by Gasteiger charge is 2.23. The first-order valence-electron chi connectivity index (χ1n) is 6.76. The second-order valence-electron chi connectivity index (χ2n) is 5.29. The van der Waals surface area contributed by atoms with Crippen LogP contribution in [0, 0.1) is 12.8 Å². The van der Waals surface area contributed by atoms with E-state index in [9.17, 15) is 4.79 Å². The third kappa shape index (κ3) is 4.32. The second-order valence-corrected chi connectivity index (χ2v) is 7.38. The van der Waals surface area contributed by atoms with Crippen molar-refractivity contribution in [1.29, 1.82) is 0 Å². The van der Waals surface area contributed by atoms with E-state index in [1.807, 2.05) is 25.1 Å². The highest BCUT2D eigenvalue weighted by Crippen LogP contribution is 2.29. The molecule has 0 heterocycles. The molecule has 1 saturated carbocycles.